The first-order valence-corrected chi connectivity index (χ1v) is 9.40. The van der Waals surface area contributed by atoms with Crippen molar-refractivity contribution in [2.45, 2.75) is 13.0 Å². The number of esters is 1. The van der Waals surface area contributed by atoms with Crippen LogP contribution < -0.4 is 10.2 Å². The molecule has 8 nitrogen and oxygen atoms in total. The van der Waals surface area contributed by atoms with Crippen molar-refractivity contribution in [2.24, 2.45) is 0 Å². The molecule has 0 spiro atoms. The van der Waals surface area contributed by atoms with Gasteiger partial charge >= 0.3 is 5.97 Å². The number of methoxy groups -OCH3 is 1. The van der Waals surface area contributed by atoms with Gasteiger partial charge in [0.1, 0.15) is 11.0 Å². The van der Waals surface area contributed by atoms with Gasteiger partial charge in [-0.3, -0.25) is 4.79 Å². The van der Waals surface area contributed by atoms with Crippen LogP contribution in [0.15, 0.2) is 60.7 Å². The molecule has 0 saturated carbocycles. The van der Waals surface area contributed by atoms with Crippen LogP contribution in [0.2, 0.25) is 0 Å². The fourth-order valence-corrected chi connectivity index (χ4v) is 3.20. The van der Waals surface area contributed by atoms with Crippen molar-refractivity contribution in [3.05, 3.63) is 71.8 Å². The van der Waals surface area contributed by atoms with E-state index in [-0.39, 0.29) is 18.6 Å². The predicted molar refractivity (Wildman–Crippen MR) is 111 cm³/mol. The van der Waals surface area contributed by atoms with Crippen LogP contribution >= 0.6 is 0 Å². The summed E-state index contributed by atoms with van der Waals surface area (Å²) in [4.78, 5) is 30.7. The van der Waals surface area contributed by atoms with Crippen LogP contribution in [-0.4, -0.2) is 40.8 Å². The smallest absolute Gasteiger partial charge is 0.337 e. The van der Waals surface area contributed by atoms with Crippen LogP contribution in [0.25, 0.3) is 21.8 Å². The van der Waals surface area contributed by atoms with E-state index in [1.807, 2.05) is 43.3 Å². The molecule has 1 atom stereocenters. The highest BCUT2D eigenvalue weighted by Gasteiger charge is 2.14. The summed E-state index contributed by atoms with van der Waals surface area (Å²) < 4.78 is 4.72. The predicted octanol–water partition coefficient (Wildman–Crippen LogP) is 2.68. The molecule has 30 heavy (non-hydrogen) atoms. The van der Waals surface area contributed by atoms with E-state index in [4.69, 9.17) is 9.57 Å². The molecule has 0 fully saturated rings. The van der Waals surface area contributed by atoms with Gasteiger partial charge in [-0.15, -0.1) is 5.10 Å². The molecule has 1 N–H and O–H groups in total. The summed E-state index contributed by atoms with van der Waals surface area (Å²) >= 11 is 0. The summed E-state index contributed by atoms with van der Waals surface area (Å²) in [6.07, 6.45) is 0. The molecule has 4 aromatic rings. The first-order valence-electron chi connectivity index (χ1n) is 9.40. The van der Waals surface area contributed by atoms with Gasteiger partial charge in [0.2, 0.25) is 0 Å². The Kier molecular flexibility index (Phi) is 5.30. The first-order chi connectivity index (χ1) is 14.5. The molecule has 4 rings (SSSR count). The number of nitrogens with one attached hydrogen (secondary N) is 1. The zero-order chi connectivity index (χ0) is 21.1. The summed E-state index contributed by atoms with van der Waals surface area (Å²) in [6, 6.07) is 18.7. The van der Waals surface area contributed by atoms with Crippen molar-refractivity contribution in [3.8, 4) is 0 Å². The Morgan fingerprint density at radius 1 is 1.07 bits per heavy atom. The lowest BCUT2D eigenvalue weighted by Crippen LogP contribution is -2.33. The number of ether oxygens (including phenoxy) is 1. The lowest BCUT2D eigenvalue weighted by molar-refractivity contribution is -0.127. The molecule has 8 heteroatoms. The summed E-state index contributed by atoms with van der Waals surface area (Å²) in [6.45, 7) is 1.66. The Morgan fingerprint density at radius 3 is 2.67 bits per heavy atom. The third-order valence-corrected chi connectivity index (χ3v) is 4.81. The van der Waals surface area contributed by atoms with Gasteiger partial charge in [-0.1, -0.05) is 41.2 Å². The van der Waals surface area contributed by atoms with Crippen LogP contribution in [-0.2, 0) is 9.53 Å². The van der Waals surface area contributed by atoms with E-state index in [1.54, 1.807) is 18.2 Å². The molecule has 0 aliphatic carbocycles. The molecule has 1 aromatic heterocycles. The van der Waals surface area contributed by atoms with Crippen molar-refractivity contribution in [3.63, 3.8) is 0 Å². The molecule has 3 aromatic carbocycles. The number of hydrogen-bond acceptors (Lipinski definition) is 6. The minimum absolute atomic E-state index is 0.191. The standard InChI is InChI=1S/C22H20N4O4/c1-14(16-8-7-15-5-3-4-6-17(15)11-16)23-21(27)13-30-26-20-12-18(22(28)29-2)9-10-19(20)24-25-26/h3-12,14H,13H2,1-2H3,(H,23,27)/t14-/m0/s1. The SMILES string of the molecule is COC(=O)c1ccc2nnn(OCC(=O)N[C@@H](C)c3ccc4ccccc4c3)c2c1. The molecule has 0 saturated heterocycles. The van der Waals surface area contributed by atoms with E-state index >= 15 is 0 Å². The molecule has 0 bridgehead atoms. The number of fused-ring (bicyclic) bond motifs is 2. The molecule has 152 valence electrons. The van der Waals surface area contributed by atoms with E-state index < -0.39 is 5.97 Å². The number of benzene rings is 3. The van der Waals surface area contributed by atoms with Gasteiger partial charge in [-0.2, -0.15) is 0 Å². The maximum Gasteiger partial charge on any atom is 0.337 e. The number of aromatic nitrogens is 3. The van der Waals surface area contributed by atoms with Gasteiger partial charge < -0.3 is 14.9 Å². The monoisotopic (exact) mass is 404 g/mol. The Balaban J connectivity index is 1.42. The van der Waals surface area contributed by atoms with Gasteiger partial charge in [0.25, 0.3) is 5.91 Å². The zero-order valence-corrected chi connectivity index (χ0v) is 16.5. The number of nitrogens with zero attached hydrogens (tertiary/aromatic N) is 3. The maximum atomic E-state index is 12.4. The minimum Gasteiger partial charge on any atom is -0.465 e. The average Bonchev–Trinajstić information content (AvgIpc) is 3.19. The fraction of sp³-hybridized carbons (Fsp3) is 0.182. The number of hydrogen-bond donors (Lipinski definition) is 1. The maximum absolute atomic E-state index is 12.4. The van der Waals surface area contributed by atoms with Gasteiger partial charge in [-0.25, -0.2) is 4.79 Å². The molecule has 0 radical (unpaired) electrons. The van der Waals surface area contributed by atoms with E-state index in [1.165, 1.54) is 7.11 Å². The second kappa shape index (κ2) is 8.20. The van der Waals surface area contributed by atoms with Gasteiger partial charge in [0, 0.05) is 0 Å². The molecule has 0 aliphatic heterocycles. The summed E-state index contributed by atoms with van der Waals surface area (Å²) in [7, 11) is 1.31. The molecule has 1 heterocycles. The quantitative estimate of drug-likeness (QED) is 0.497. The Labute approximate surface area is 172 Å². The highest BCUT2D eigenvalue weighted by atomic mass is 16.7. The Hall–Kier alpha value is -3.94. The molecule has 0 unspecified atom stereocenters. The third kappa shape index (κ3) is 3.93. The second-order valence-corrected chi connectivity index (χ2v) is 6.83. The highest BCUT2D eigenvalue weighted by molar-refractivity contribution is 5.93. The van der Waals surface area contributed by atoms with E-state index in [9.17, 15) is 9.59 Å². The van der Waals surface area contributed by atoms with Crippen LogP contribution in [0.5, 0.6) is 0 Å². The van der Waals surface area contributed by atoms with Crippen LogP contribution in [0.4, 0.5) is 0 Å². The Morgan fingerprint density at radius 2 is 1.87 bits per heavy atom. The average molecular weight is 404 g/mol. The normalized spacial score (nSPS) is 11.9. The first kappa shape index (κ1) is 19.4. The van der Waals surface area contributed by atoms with Crippen molar-refractivity contribution in [1.29, 1.82) is 0 Å². The highest BCUT2D eigenvalue weighted by Crippen LogP contribution is 2.20. The number of carbonyl (C=O) groups is 2. The van der Waals surface area contributed by atoms with E-state index in [0.29, 0.717) is 16.6 Å². The number of rotatable bonds is 6. The molecular formula is C22H20N4O4. The van der Waals surface area contributed by atoms with E-state index in [2.05, 4.69) is 21.7 Å². The topological polar surface area (TPSA) is 95.3 Å². The number of amides is 1. The molecular weight excluding hydrogens is 384 g/mol. The second-order valence-electron chi connectivity index (χ2n) is 6.83. The number of carbonyl (C=O) groups excluding carboxylic acids is 2. The lowest BCUT2D eigenvalue weighted by atomic mass is 10.0. The lowest BCUT2D eigenvalue weighted by Gasteiger charge is -2.15. The van der Waals surface area contributed by atoms with Crippen molar-refractivity contribution < 1.29 is 19.2 Å². The van der Waals surface area contributed by atoms with Gasteiger partial charge in [0.15, 0.2) is 6.61 Å². The summed E-state index contributed by atoms with van der Waals surface area (Å²) in [5, 5.41) is 13.0. The Bertz CT molecular complexity index is 1230. The fourth-order valence-electron chi connectivity index (χ4n) is 3.20. The minimum atomic E-state index is -0.480. The van der Waals surface area contributed by atoms with Gasteiger partial charge in [-0.05, 0) is 52.7 Å². The van der Waals surface area contributed by atoms with Crippen molar-refractivity contribution in [1.82, 2.24) is 20.5 Å². The van der Waals surface area contributed by atoms with Crippen molar-refractivity contribution in [2.75, 3.05) is 13.7 Å². The largest absolute Gasteiger partial charge is 0.465 e. The summed E-state index contributed by atoms with van der Waals surface area (Å²) in [5.74, 6) is -0.782. The molecule has 0 aliphatic rings. The molecule has 1 amide bonds. The summed E-state index contributed by atoms with van der Waals surface area (Å²) in [5.41, 5.74) is 2.34. The van der Waals surface area contributed by atoms with E-state index in [0.717, 1.165) is 21.2 Å². The van der Waals surface area contributed by atoms with Crippen LogP contribution in [0.1, 0.15) is 28.9 Å². The third-order valence-electron chi connectivity index (χ3n) is 4.81. The van der Waals surface area contributed by atoms with Crippen LogP contribution in [0.3, 0.4) is 0 Å². The van der Waals surface area contributed by atoms with Crippen molar-refractivity contribution >= 4 is 33.7 Å². The zero-order valence-electron chi connectivity index (χ0n) is 16.5. The van der Waals surface area contributed by atoms with Crippen LogP contribution in [0, 0.1) is 0 Å². The van der Waals surface area contributed by atoms with Gasteiger partial charge in [0.05, 0.1) is 18.7 Å².